The number of pyridine rings is 1. The second-order valence-electron chi connectivity index (χ2n) is 7.74. The molecule has 2 aliphatic rings. The minimum atomic E-state index is 0.0653. The lowest BCUT2D eigenvalue weighted by Gasteiger charge is -2.33. The molecule has 2 aromatic rings. The van der Waals surface area contributed by atoms with Crippen molar-refractivity contribution in [2.45, 2.75) is 57.5 Å². The summed E-state index contributed by atoms with van der Waals surface area (Å²) in [4.78, 5) is 22.2. The zero-order chi connectivity index (χ0) is 18.6. The molecule has 1 saturated carbocycles. The van der Waals surface area contributed by atoms with E-state index < -0.39 is 0 Å². The van der Waals surface area contributed by atoms with Crippen molar-refractivity contribution in [3.63, 3.8) is 0 Å². The average Bonchev–Trinajstić information content (AvgIpc) is 3.36. The van der Waals surface area contributed by atoms with Crippen molar-refractivity contribution in [2.75, 3.05) is 19.6 Å². The molecule has 2 fully saturated rings. The zero-order valence-corrected chi connectivity index (χ0v) is 15.9. The minimum absolute atomic E-state index is 0.0653. The van der Waals surface area contributed by atoms with Crippen LogP contribution in [-0.2, 0) is 6.54 Å². The van der Waals surface area contributed by atoms with Gasteiger partial charge in [0.15, 0.2) is 5.69 Å². The second-order valence-corrected chi connectivity index (χ2v) is 7.74. The lowest BCUT2D eigenvalue weighted by molar-refractivity contribution is 0.0783. The highest BCUT2D eigenvalue weighted by Crippen LogP contribution is 2.26. The number of nitrogens with zero attached hydrogens (tertiary/aromatic N) is 4. The molecule has 142 valence electrons. The van der Waals surface area contributed by atoms with E-state index in [1.54, 1.807) is 0 Å². The van der Waals surface area contributed by atoms with E-state index in [4.69, 9.17) is 11.4 Å². The summed E-state index contributed by atoms with van der Waals surface area (Å²) in [5.41, 5.74) is 2.41. The van der Waals surface area contributed by atoms with Gasteiger partial charge in [-0.25, -0.2) is 4.98 Å². The third kappa shape index (κ3) is 3.72. The van der Waals surface area contributed by atoms with E-state index in [9.17, 15) is 4.79 Å². The van der Waals surface area contributed by atoms with Crippen molar-refractivity contribution in [3.8, 4) is 12.3 Å². The molecule has 5 nitrogen and oxygen atoms in total. The topological polar surface area (TPSA) is 40.9 Å². The Kier molecular flexibility index (Phi) is 5.45. The Bertz CT molecular complexity index is 838. The SMILES string of the molecule is C#CCN(Cc1c(C(=O)N2CCCC2)nc2ccccn12)C1CCCCC1. The first-order chi connectivity index (χ1) is 13.3. The number of imidazole rings is 1. The summed E-state index contributed by atoms with van der Waals surface area (Å²) in [7, 11) is 0. The molecule has 2 aromatic heterocycles. The number of aromatic nitrogens is 2. The summed E-state index contributed by atoms with van der Waals surface area (Å²) in [5, 5.41) is 0. The number of likely N-dealkylation sites (tertiary alicyclic amines) is 1. The lowest BCUT2D eigenvalue weighted by Crippen LogP contribution is -2.38. The quantitative estimate of drug-likeness (QED) is 0.764. The van der Waals surface area contributed by atoms with Crippen molar-refractivity contribution in [1.29, 1.82) is 0 Å². The van der Waals surface area contributed by atoms with E-state index in [0.717, 1.165) is 37.3 Å². The maximum absolute atomic E-state index is 13.1. The molecule has 5 heteroatoms. The van der Waals surface area contributed by atoms with Crippen LogP contribution in [0.4, 0.5) is 0 Å². The van der Waals surface area contributed by atoms with E-state index in [-0.39, 0.29) is 5.91 Å². The molecule has 0 aromatic carbocycles. The van der Waals surface area contributed by atoms with Crippen LogP contribution < -0.4 is 0 Å². The van der Waals surface area contributed by atoms with Crippen molar-refractivity contribution in [1.82, 2.24) is 19.2 Å². The lowest BCUT2D eigenvalue weighted by atomic mass is 9.94. The first-order valence-electron chi connectivity index (χ1n) is 10.2. The number of carbonyl (C=O) groups excluding carboxylic acids is 1. The normalized spacial score (nSPS) is 18.3. The largest absolute Gasteiger partial charge is 0.337 e. The molecule has 0 bridgehead atoms. The van der Waals surface area contributed by atoms with Gasteiger partial charge in [0.25, 0.3) is 5.91 Å². The van der Waals surface area contributed by atoms with Crippen LogP contribution in [0, 0.1) is 12.3 Å². The van der Waals surface area contributed by atoms with Gasteiger partial charge in [-0.1, -0.05) is 31.2 Å². The fraction of sp³-hybridized carbons (Fsp3) is 0.545. The van der Waals surface area contributed by atoms with E-state index in [0.29, 0.717) is 24.8 Å². The predicted molar refractivity (Wildman–Crippen MR) is 106 cm³/mol. The van der Waals surface area contributed by atoms with Crippen LogP contribution in [-0.4, -0.2) is 50.8 Å². The predicted octanol–water partition coefficient (Wildman–Crippen LogP) is 3.34. The molecule has 0 N–H and O–H groups in total. The third-order valence-corrected chi connectivity index (χ3v) is 5.96. The molecular formula is C22H28N4O. The van der Waals surface area contributed by atoms with Crippen molar-refractivity contribution < 1.29 is 4.79 Å². The smallest absolute Gasteiger partial charge is 0.274 e. The number of fused-ring (bicyclic) bond motifs is 1. The molecule has 0 atom stereocenters. The number of hydrogen-bond donors (Lipinski definition) is 0. The fourth-order valence-corrected chi connectivity index (χ4v) is 4.51. The van der Waals surface area contributed by atoms with Crippen LogP contribution >= 0.6 is 0 Å². The molecule has 1 aliphatic heterocycles. The molecule has 4 rings (SSSR count). The summed E-state index contributed by atoms with van der Waals surface area (Å²) in [6, 6.07) is 6.43. The van der Waals surface area contributed by atoms with E-state index >= 15 is 0 Å². The second kappa shape index (κ2) is 8.14. The van der Waals surface area contributed by atoms with E-state index in [1.165, 1.54) is 32.1 Å². The van der Waals surface area contributed by atoms with Crippen LogP contribution in [0.5, 0.6) is 0 Å². The first-order valence-corrected chi connectivity index (χ1v) is 10.2. The maximum Gasteiger partial charge on any atom is 0.274 e. The Labute approximate surface area is 161 Å². The van der Waals surface area contributed by atoms with Gasteiger partial charge in [-0.15, -0.1) is 6.42 Å². The van der Waals surface area contributed by atoms with Crippen LogP contribution in [0.25, 0.3) is 5.65 Å². The molecule has 1 aliphatic carbocycles. The maximum atomic E-state index is 13.1. The molecule has 1 saturated heterocycles. The number of carbonyl (C=O) groups is 1. The molecule has 27 heavy (non-hydrogen) atoms. The Balaban J connectivity index is 1.68. The van der Waals surface area contributed by atoms with Crippen molar-refractivity contribution in [2.24, 2.45) is 0 Å². The van der Waals surface area contributed by atoms with Gasteiger partial charge < -0.3 is 9.30 Å². The Morgan fingerprint density at radius 2 is 1.96 bits per heavy atom. The third-order valence-electron chi connectivity index (χ3n) is 5.96. The first kappa shape index (κ1) is 18.1. The standard InChI is InChI=1S/C22H28N4O/c1-2-13-25(18-10-4-3-5-11-18)17-19-21(22(27)24-14-8-9-15-24)23-20-12-6-7-16-26(19)20/h1,6-7,12,16,18H,3-5,8-11,13-15,17H2. The number of amides is 1. The van der Waals surface area contributed by atoms with Gasteiger partial charge in [0, 0.05) is 31.9 Å². The number of rotatable bonds is 5. The van der Waals surface area contributed by atoms with Crippen LogP contribution in [0.1, 0.15) is 61.1 Å². The van der Waals surface area contributed by atoms with Gasteiger partial charge in [-0.05, 0) is 37.8 Å². The summed E-state index contributed by atoms with van der Waals surface area (Å²) in [6.45, 7) is 2.96. The average molecular weight is 364 g/mol. The number of terminal acetylenes is 1. The van der Waals surface area contributed by atoms with Crippen molar-refractivity contribution >= 4 is 11.6 Å². The Morgan fingerprint density at radius 1 is 1.19 bits per heavy atom. The summed E-state index contributed by atoms with van der Waals surface area (Å²) in [5.74, 6) is 2.90. The molecule has 1 amide bonds. The molecule has 0 unspecified atom stereocenters. The highest BCUT2D eigenvalue weighted by molar-refractivity contribution is 5.94. The van der Waals surface area contributed by atoms with Crippen LogP contribution in [0.3, 0.4) is 0 Å². The highest BCUT2D eigenvalue weighted by Gasteiger charge is 2.28. The summed E-state index contributed by atoms with van der Waals surface area (Å²) < 4.78 is 2.07. The van der Waals surface area contributed by atoms with Crippen LogP contribution in [0.2, 0.25) is 0 Å². The van der Waals surface area contributed by atoms with E-state index in [1.807, 2.05) is 29.3 Å². The molecule has 0 spiro atoms. The Hall–Kier alpha value is -2.32. The molecular weight excluding hydrogens is 336 g/mol. The van der Waals surface area contributed by atoms with Gasteiger partial charge in [-0.2, -0.15) is 0 Å². The van der Waals surface area contributed by atoms with Gasteiger partial charge in [0.05, 0.1) is 12.2 Å². The highest BCUT2D eigenvalue weighted by atomic mass is 16.2. The van der Waals surface area contributed by atoms with Crippen LogP contribution in [0.15, 0.2) is 24.4 Å². The Morgan fingerprint density at radius 3 is 2.70 bits per heavy atom. The van der Waals surface area contributed by atoms with Gasteiger partial charge in [0.2, 0.25) is 0 Å². The monoisotopic (exact) mass is 364 g/mol. The minimum Gasteiger partial charge on any atom is -0.337 e. The summed E-state index contributed by atoms with van der Waals surface area (Å²) >= 11 is 0. The molecule has 0 radical (unpaired) electrons. The van der Waals surface area contributed by atoms with E-state index in [2.05, 4.69) is 15.2 Å². The molecule has 3 heterocycles. The van der Waals surface area contributed by atoms with Crippen molar-refractivity contribution in [3.05, 3.63) is 35.8 Å². The summed E-state index contributed by atoms with van der Waals surface area (Å²) in [6.07, 6.45) is 16.1. The number of hydrogen-bond acceptors (Lipinski definition) is 3. The van der Waals surface area contributed by atoms with Gasteiger partial charge in [0.1, 0.15) is 5.65 Å². The van der Waals surface area contributed by atoms with Gasteiger partial charge >= 0.3 is 0 Å². The fourth-order valence-electron chi connectivity index (χ4n) is 4.51. The van der Waals surface area contributed by atoms with Gasteiger partial charge in [-0.3, -0.25) is 9.69 Å². The zero-order valence-electron chi connectivity index (χ0n) is 15.9.